The van der Waals surface area contributed by atoms with Crippen LogP contribution in [0, 0.1) is 13.8 Å². The van der Waals surface area contributed by atoms with Gasteiger partial charge in [0.2, 0.25) is 15.9 Å². The molecule has 2 saturated heterocycles. The molecule has 12 heteroatoms. The number of nitrogens with zero attached hydrogens (tertiary/aromatic N) is 5. The summed E-state index contributed by atoms with van der Waals surface area (Å²) < 4.78 is 35.5. The fourth-order valence-corrected chi connectivity index (χ4v) is 7.30. The molecule has 0 aliphatic carbocycles. The summed E-state index contributed by atoms with van der Waals surface area (Å²) in [5, 5.41) is 3.82. The van der Waals surface area contributed by atoms with E-state index in [1.165, 1.54) is 0 Å². The van der Waals surface area contributed by atoms with Crippen LogP contribution in [0.15, 0.2) is 41.4 Å². The second kappa shape index (κ2) is 12.4. The van der Waals surface area contributed by atoms with Gasteiger partial charge in [-0.2, -0.15) is 4.31 Å². The van der Waals surface area contributed by atoms with E-state index in [1.807, 2.05) is 64.4 Å². The average Bonchev–Trinajstić information content (AvgIpc) is 3.33. The van der Waals surface area contributed by atoms with Gasteiger partial charge in [-0.05, 0) is 89.8 Å². The van der Waals surface area contributed by atoms with E-state index < -0.39 is 21.7 Å². The molecule has 1 atom stereocenters. The fourth-order valence-electron chi connectivity index (χ4n) is 5.75. The number of piperidine rings is 1. The lowest BCUT2D eigenvalue weighted by atomic mass is 10.2. The van der Waals surface area contributed by atoms with Gasteiger partial charge in [0.25, 0.3) is 0 Å². The third kappa shape index (κ3) is 6.71. The standard InChI is InChI=1S/C32H44N6O5S/c1-22-10-13-28(35-16-18-36(19-17-35)31(40)43-32(4,5)6)33-29(22)34-30(39)24(3)38-21-23(2)26-20-25(11-12-27(26)38)44(41,42)37-14-8-7-9-15-37/h10-13,20-21,24H,7-9,14-19H2,1-6H3,(H,33,34,39). The maximum Gasteiger partial charge on any atom is 0.410 e. The van der Waals surface area contributed by atoms with E-state index in [9.17, 15) is 18.0 Å². The number of anilines is 2. The van der Waals surface area contributed by atoms with E-state index >= 15 is 0 Å². The molecule has 1 unspecified atom stereocenters. The number of sulfonamides is 1. The Balaban J connectivity index is 1.29. The smallest absolute Gasteiger partial charge is 0.410 e. The van der Waals surface area contributed by atoms with E-state index in [0.29, 0.717) is 45.1 Å². The summed E-state index contributed by atoms with van der Waals surface area (Å²) in [6.45, 7) is 14.6. The normalized spacial score (nSPS) is 17.5. The molecule has 5 rings (SSSR count). The molecule has 1 aromatic carbocycles. The van der Waals surface area contributed by atoms with Crippen molar-refractivity contribution >= 4 is 44.6 Å². The summed E-state index contributed by atoms with van der Waals surface area (Å²) in [7, 11) is -3.56. The molecule has 0 bridgehead atoms. The first kappa shape index (κ1) is 31.8. The van der Waals surface area contributed by atoms with Crippen LogP contribution in [0.1, 0.15) is 64.1 Å². The van der Waals surface area contributed by atoms with Crippen LogP contribution in [-0.2, 0) is 19.6 Å². The zero-order valence-electron chi connectivity index (χ0n) is 26.6. The van der Waals surface area contributed by atoms with Crippen LogP contribution in [0.25, 0.3) is 10.9 Å². The highest BCUT2D eigenvalue weighted by atomic mass is 32.2. The maximum atomic E-state index is 13.5. The second-order valence-electron chi connectivity index (χ2n) is 12.8. The minimum Gasteiger partial charge on any atom is -0.444 e. The number of aromatic nitrogens is 2. The first-order chi connectivity index (χ1) is 20.7. The number of pyridine rings is 1. The van der Waals surface area contributed by atoms with Crippen molar-refractivity contribution in [3.05, 3.63) is 47.7 Å². The Labute approximate surface area is 260 Å². The van der Waals surface area contributed by atoms with Crippen LogP contribution < -0.4 is 10.2 Å². The highest BCUT2D eigenvalue weighted by Crippen LogP contribution is 2.30. The Morgan fingerprint density at radius 1 is 0.932 bits per heavy atom. The van der Waals surface area contributed by atoms with Crippen LogP contribution in [0.2, 0.25) is 0 Å². The Bertz CT molecular complexity index is 1650. The molecular formula is C32H44N6O5S. The van der Waals surface area contributed by atoms with Crippen molar-refractivity contribution in [3.63, 3.8) is 0 Å². The number of rotatable bonds is 6. The molecule has 0 spiro atoms. The lowest BCUT2D eigenvalue weighted by Crippen LogP contribution is -2.50. The predicted molar refractivity (Wildman–Crippen MR) is 172 cm³/mol. The van der Waals surface area contributed by atoms with Gasteiger partial charge in [0, 0.05) is 56.4 Å². The molecular weight excluding hydrogens is 580 g/mol. The summed E-state index contributed by atoms with van der Waals surface area (Å²) in [6, 6.07) is 8.46. The number of benzene rings is 1. The highest BCUT2D eigenvalue weighted by molar-refractivity contribution is 7.89. The zero-order chi connectivity index (χ0) is 31.8. The topological polar surface area (TPSA) is 117 Å². The van der Waals surface area contributed by atoms with Crippen LogP contribution in [0.3, 0.4) is 0 Å². The van der Waals surface area contributed by atoms with Crippen molar-refractivity contribution in [1.29, 1.82) is 0 Å². The summed E-state index contributed by atoms with van der Waals surface area (Å²) in [5.41, 5.74) is 1.99. The summed E-state index contributed by atoms with van der Waals surface area (Å²) in [4.78, 5) is 34.8. The number of hydrogen-bond acceptors (Lipinski definition) is 7. The van der Waals surface area contributed by atoms with Gasteiger partial charge in [-0.25, -0.2) is 18.2 Å². The van der Waals surface area contributed by atoms with Crippen LogP contribution in [0.5, 0.6) is 0 Å². The number of aryl methyl sites for hydroxylation is 2. The summed E-state index contributed by atoms with van der Waals surface area (Å²) >= 11 is 0. The van der Waals surface area contributed by atoms with Gasteiger partial charge in [0.1, 0.15) is 23.3 Å². The number of ether oxygens (including phenoxy) is 1. The van der Waals surface area contributed by atoms with Gasteiger partial charge >= 0.3 is 6.09 Å². The van der Waals surface area contributed by atoms with Gasteiger partial charge in [0.15, 0.2) is 0 Å². The maximum absolute atomic E-state index is 13.5. The van der Waals surface area contributed by atoms with Crippen molar-refractivity contribution < 1.29 is 22.7 Å². The lowest BCUT2D eigenvalue weighted by molar-refractivity contribution is -0.118. The van der Waals surface area contributed by atoms with Crippen molar-refractivity contribution in [1.82, 2.24) is 18.8 Å². The van der Waals surface area contributed by atoms with Gasteiger partial charge < -0.3 is 24.4 Å². The number of hydrogen-bond donors (Lipinski definition) is 1. The Morgan fingerprint density at radius 2 is 1.61 bits per heavy atom. The molecule has 1 N–H and O–H groups in total. The highest BCUT2D eigenvalue weighted by Gasteiger charge is 2.29. The first-order valence-electron chi connectivity index (χ1n) is 15.4. The van der Waals surface area contributed by atoms with E-state index in [0.717, 1.165) is 47.1 Å². The number of carbonyl (C=O) groups is 2. The SMILES string of the molecule is Cc1ccc(N2CCN(C(=O)OC(C)(C)C)CC2)nc1NC(=O)C(C)n1cc(C)c2cc(S(=O)(=O)N3CCCCC3)ccc21. The average molecular weight is 625 g/mol. The molecule has 2 aromatic heterocycles. The minimum atomic E-state index is -3.56. The first-order valence-corrected chi connectivity index (χ1v) is 16.8. The van der Waals surface area contributed by atoms with Gasteiger partial charge in [-0.3, -0.25) is 4.79 Å². The van der Waals surface area contributed by atoms with E-state index in [4.69, 9.17) is 9.72 Å². The molecule has 238 valence electrons. The second-order valence-corrected chi connectivity index (χ2v) is 14.8. The summed E-state index contributed by atoms with van der Waals surface area (Å²) in [6.07, 6.45) is 4.40. The largest absolute Gasteiger partial charge is 0.444 e. The molecule has 11 nitrogen and oxygen atoms in total. The zero-order valence-corrected chi connectivity index (χ0v) is 27.4. The van der Waals surface area contributed by atoms with E-state index in [-0.39, 0.29) is 16.9 Å². The molecule has 4 heterocycles. The molecule has 3 aromatic rings. The quantitative estimate of drug-likeness (QED) is 0.406. The summed E-state index contributed by atoms with van der Waals surface area (Å²) in [5.74, 6) is 0.985. The van der Waals surface area contributed by atoms with Crippen molar-refractivity contribution in [2.75, 3.05) is 49.5 Å². The van der Waals surface area contributed by atoms with Gasteiger partial charge in [0.05, 0.1) is 4.90 Å². The predicted octanol–water partition coefficient (Wildman–Crippen LogP) is 5.08. The number of piperazine rings is 1. The Hall–Kier alpha value is -3.64. The third-order valence-corrected chi connectivity index (χ3v) is 10.2. The molecule has 44 heavy (non-hydrogen) atoms. The molecule has 2 fully saturated rings. The Morgan fingerprint density at radius 3 is 2.27 bits per heavy atom. The van der Waals surface area contributed by atoms with Crippen molar-refractivity contribution in [2.24, 2.45) is 0 Å². The molecule has 2 aliphatic rings. The van der Waals surface area contributed by atoms with Crippen LogP contribution in [0.4, 0.5) is 16.4 Å². The van der Waals surface area contributed by atoms with Crippen LogP contribution in [-0.4, -0.2) is 84.0 Å². The van der Waals surface area contributed by atoms with Gasteiger partial charge in [-0.1, -0.05) is 12.5 Å². The van der Waals surface area contributed by atoms with Crippen LogP contribution >= 0.6 is 0 Å². The fraction of sp³-hybridized carbons (Fsp3) is 0.531. The van der Waals surface area contributed by atoms with Crippen molar-refractivity contribution in [3.8, 4) is 0 Å². The lowest BCUT2D eigenvalue weighted by Gasteiger charge is -2.36. The molecule has 2 amide bonds. The number of nitrogens with one attached hydrogen (secondary N) is 1. The molecule has 0 radical (unpaired) electrons. The number of carbonyl (C=O) groups excluding carboxylic acids is 2. The molecule has 0 saturated carbocycles. The third-order valence-electron chi connectivity index (χ3n) is 8.33. The van der Waals surface area contributed by atoms with E-state index in [2.05, 4.69) is 10.2 Å². The minimum absolute atomic E-state index is 0.227. The van der Waals surface area contributed by atoms with Crippen molar-refractivity contribution in [2.45, 2.75) is 77.3 Å². The Kier molecular flexibility index (Phi) is 8.95. The van der Waals surface area contributed by atoms with E-state index in [1.54, 1.807) is 27.4 Å². The number of fused-ring (bicyclic) bond motifs is 1. The number of amides is 2. The molecule has 2 aliphatic heterocycles. The monoisotopic (exact) mass is 624 g/mol. The van der Waals surface area contributed by atoms with Gasteiger partial charge in [-0.15, -0.1) is 0 Å².